The Morgan fingerprint density at radius 1 is 0.974 bits per heavy atom. The number of amides is 1. The molecule has 1 amide bonds. The summed E-state index contributed by atoms with van der Waals surface area (Å²) in [6.45, 7) is 0. The van der Waals surface area contributed by atoms with Crippen molar-refractivity contribution in [2.24, 2.45) is 0 Å². The fourth-order valence-electron chi connectivity index (χ4n) is 3.63. The highest BCUT2D eigenvalue weighted by molar-refractivity contribution is 6.39. The molecule has 1 heterocycles. The van der Waals surface area contributed by atoms with Crippen LogP contribution in [0.4, 0.5) is 30.7 Å². The van der Waals surface area contributed by atoms with Crippen LogP contribution in [0.25, 0.3) is 16.8 Å². The van der Waals surface area contributed by atoms with Crippen LogP contribution in [0.3, 0.4) is 0 Å². The van der Waals surface area contributed by atoms with Crippen LogP contribution in [-0.2, 0) is 5.67 Å². The average molecular weight is 600 g/mol. The second kappa shape index (κ2) is 9.32. The Morgan fingerprint density at radius 3 is 2.05 bits per heavy atom. The minimum absolute atomic E-state index is 0.0294. The molecule has 0 aliphatic heterocycles. The fraction of sp³-hybridized carbons (Fsp3) is 0.261. The second-order valence-corrected chi connectivity index (χ2v) is 9.68. The normalized spacial score (nSPS) is 15.2. The van der Waals surface area contributed by atoms with Crippen LogP contribution in [0.2, 0.25) is 15.1 Å². The Kier molecular flexibility index (Phi) is 6.87. The summed E-state index contributed by atoms with van der Waals surface area (Å²) in [5.41, 5.74) is -8.31. The SMILES string of the molecule is N#CC1(NC(=O)c2cc(-n3cc(-c4c(Cl)cc(C(F)(C(F)(F)F)C(F)(F)F)cc4Cl)cn3)ccc2Cl)CC1. The van der Waals surface area contributed by atoms with E-state index in [9.17, 15) is 40.8 Å². The zero-order chi connectivity index (χ0) is 28.3. The number of hydrogen-bond acceptors (Lipinski definition) is 3. The van der Waals surface area contributed by atoms with E-state index < -0.39 is 45.1 Å². The van der Waals surface area contributed by atoms with Crippen molar-refractivity contribution in [3.8, 4) is 22.9 Å². The molecule has 0 radical (unpaired) electrons. The predicted molar refractivity (Wildman–Crippen MR) is 124 cm³/mol. The van der Waals surface area contributed by atoms with Gasteiger partial charge in [-0.1, -0.05) is 34.8 Å². The van der Waals surface area contributed by atoms with Crippen molar-refractivity contribution < 1.29 is 35.5 Å². The molecule has 0 spiro atoms. The number of nitrogens with one attached hydrogen (secondary N) is 1. The summed E-state index contributed by atoms with van der Waals surface area (Å²) in [5, 5.41) is 14.6. The molecule has 3 aromatic rings. The molecule has 2 aromatic carbocycles. The smallest absolute Gasteiger partial charge is 0.334 e. The minimum Gasteiger partial charge on any atom is -0.334 e. The lowest BCUT2D eigenvalue weighted by molar-refractivity contribution is -0.348. The first-order chi connectivity index (χ1) is 17.5. The highest BCUT2D eigenvalue weighted by Crippen LogP contribution is 2.54. The first kappa shape index (κ1) is 28.0. The van der Waals surface area contributed by atoms with E-state index in [0.29, 0.717) is 12.8 Å². The number of carbonyl (C=O) groups is 1. The monoisotopic (exact) mass is 598 g/mol. The lowest BCUT2D eigenvalue weighted by Gasteiger charge is -2.30. The van der Waals surface area contributed by atoms with Crippen LogP contribution in [-0.4, -0.2) is 33.6 Å². The van der Waals surface area contributed by atoms with Crippen LogP contribution in [0.5, 0.6) is 0 Å². The van der Waals surface area contributed by atoms with E-state index in [0.717, 1.165) is 6.20 Å². The first-order valence-electron chi connectivity index (χ1n) is 10.4. The van der Waals surface area contributed by atoms with Crippen LogP contribution in [0, 0.1) is 11.3 Å². The van der Waals surface area contributed by atoms with Crippen LogP contribution in [0.15, 0.2) is 42.7 Å². The number of carbonyl (C=O) groups excluding carboxylic acids is 1. The third-order valence-electron chi connectivity index (χ3n) is 5.87. The molecule has 0 unspecified atom stereocenters. The largest absolute Gasteiger partial charge is 0.435 e. The standard InChI is InChI=1S/C23H12Cl3F7N4O/c24-15-2-1-13(7-14(15)19(38)36-20(10-34)3-4-20)37-9-11(8-35-37)18-16(25)5-12(6-17(18)26)21(27,22(28,29)30)23(31,32)33/h1-2,5-9H,3-4H2,(H,36,38). The van der Waals surface area contributed by atoms with Crippen molar-refractivity contribution in [3.63, 3.8) is 0 Å². The van der Waals surface area contributed by atoms with Gasteiger partial charge in [0.25, 0.3) is 5.91 Å². The Bertz CT molecular complexity index is 1440. The van der Waals surface area contributed by atoms with Gasteiger partial charge in [-0.15, -0.1) is 0 Å². The molecule has 1 saturated carbocycles. The molecular weight excluding hydrogens is 588 g/mol. The molecule has 5 nitrogen and oxygen atoms in total. The summed E-state index contributed by atoms with van der Waals surface area (Å²) in [5.74, 6) is -0.603. The van der Waals surface area contributed by atoms with Crippen molar-refractivity contribution >= 4 is 40.7 Å². The van der Waals surface area contributed by atoms with Gasteiger partial charge in [-0.3, -0.25) is 4.79 Å². The molecule has 0 bridgehead atoms. The Balaban J connectivity index is 1.70. The Hall–Kier alpha value is -3.01. The highest BCUT2D eigenvalue weighted by Gasteiger charge is 2.73. The summed E-state index contributed by atoms with van der Waals surface area (Å²) >= 11 is 18.1. The molecular formula is C23H12Cl3F7N4O. The molecule has 1 aliphatic rings. The third kappa shape index (κ3) is 4.79. The van der Waals surface area contributed by atoms with Crippen LogP contribution < -0.4 is 5.32 Å². The maximum absolute atomic E-state index is 14.5. The number of nitriles is 1. The summed E-state index contributed by atoms with van der Waals surface area (Å²) in [6, 6.07) is 6.65. The van der Waals surface area contributed by atoms with Gasteiger partial charge < -0.3 is 5.32 Å². The molecule has 1 aliphatic carbocycles. The Morgan fingerprint density at radius 2 is 1.55 bits per heavy atom. The summed E-state index contributed by atoms with van der Waals surface area (Å²) < 4.78 is 94.6. The molecule has 38 heavy (non-hydrogen) atoms. The summed E-state index contributed by atoms with van der Waals surface area (Å²) in [4.78, 5) is 12.6. The maximum Gasteiger partial charge on any atom is 0.435 e. The van der Waals surface area contributed by atoms with Crippen LogP contribution in [0.1, 0.15) is 28.8 Å². The van der Waals surface area contributed by atoms with E-state index in [1.54, 1.807) is 0 Å². The van der Waals surface area contributed by atoms with Gasteiger partial charge >= 0.3 is 18.0 Å². The summed E-state index contributed by atoms with van der Waals surface area (Å²) in [6.07, 6.45) is -9.25. The average Bonchev–Trinajstić information content (AvgIpc) is 3.42. The number of aromatic nitrogens is 2. The van der Waals surface area contributed by atoms with Crippen molar-refractivity contribution in [2.75, 3.05) is 0 Å². The van der Waals surface area contributed by atoms with Crippen molar-refractivity contribution in [2.45, 2.75) is 36.4 Å². The maximum atomic E-state index is 14.5. The molecule has 200 valence electrons. The predicted octanol–water partition coefficient (Wildman–Crippen LogP) is 7.57. The number of alkyl halides is 7. The van der Waals surface area contributed by atoms with Crippen molar-refractivity contribution in [1.82, 2.24) is 15.1 Å². The van der Waals surface area contributed by atoms with E-state index in [1.165, 1.54) is 29.1 Å². The van der Waals surface area contributed by atoms with E-state index in [2.05, 4.69) is 10.4 Å². The number of benzene rings is 2. The number of nitrogens with zero attached hydrogens (tertiary/aromatic N) is 3. The number of rotatable bonds is 5. The quantitative estimate of drug-likeness (QED) is 0.308. The topological polar surface area (TPSA) is 70.7 Å². The first-order valence-corrected chi connectivity index (χ1v) is 11.6. The highest BCUT2D eigenvalue weighted by atomic mass is 35.5. The molecule has 1 fully saturated rings. The lowest BCUT2D eigenvalue weighted by Crippen LogP contribution is -2.50. The minimum atomic E-state index is -6.34. The van der Waals surface area contributed by atoms with Gasteiger partial charge in [0.2, 0.25) is 0 Å². The third-order valence-corrected chi connectivity index (χ3v) is 6.79. The summed E-state index contributed by atoms with van der Waals surface area (Å²) in [7, 11) is 0. The molecule has 1 aromatic heterocycles. The van der Waals surface area contributed by atoms with E-state index in [-0.39, 0.29) is 39.5 Å². The molecule has 15 heteroatoms. The fourth-order valence-corrected chi connectivity index (χ4v) is 4.54. The second-order valence-electron chi connectivity index (χ2n) is 8.45. The van der Waals surface area contributed by atoms with Gasteiger partial charge in [-0.25, -0.2) is 9.07 Å². The van der Waals surface area contributed by atoms with Gasteiger partial charge in [0.1, 0.15) is 5.54 Å². The number of halogens is 10. The Labute approximate surface area is 224 Å². The lowest BCUT2D eigenvalue weighted by atomic mass is 9.92. The number of hydrogen-bond donors (Lipinski definition) is 1. The van der Waals surface area contributed by atoms with Gasteiger partial charge in [0, 0.05) is 22.9 Å². The van der Waals surface area contributed by atoms with E-state index in [4.69, 9.17) is 34.8 Å². The molecule has 1 N–H and O–H groups in total. The van der Waals surface area contributed by atoms with Gasteiger partial charge in [-0.2, -0.15) is 36.7 Å². The molecule has 4 rings (SSSR count). The molecule has 0 saturated heterocycles. The van der Waals surface area contributed by atoms with Gasteiger partial charge in [0.05, 0.1) is 38.6 Å². The van der Waals surface area contributed by atoms with E-state index >= 15 is 0 Å². The molecule has 0 atom stereocenters. The zero-order valence-electron chi connectivity index (χ0n) is 18.5. The van der Waals surface area contributed by atoms with E-state index in [1.807, 2.05) is 6.07 Å². The van der Waals surface area contributed by atoms with Crippen LogP contribution >= 0.6 is 34.8 Å². The van der Waals surface area contributed by atoms with Crippen molar-refractivity contribution in [3.05, 3.63) is 68.9 Å². The zero-order valence-corrected chi connectivity index (χ0v) is 20.8. The van der Waals surface area contributed by atoms with Gasteiger partial charge in [0.15, 0.2) is 0 Å². The van der Waals surface area contributed by atoms with Gasteiger partial charge in [-0.05, 0) is 43.2 Å². The van der Waals surface area contributed by atoms with Crippen molar-refractivity contribution in [1.29, 1.82) is 5.26 Å².